The van der Waals surface area contributed by atoms with Crippen molar-refractivity contribution < 1.29 is 14.4 Å². The van der Waals surface area contributed by atoms with Crippen molar-refractivity contribution in [2.75, 3.05) is 20.1 Å². The van der Waals surface area contributed by atoms with Crippen molar-refractivity contribution in [3.8, 4) is 0 Å². The van der Waals surface area contributed by atoms with Gasteiger partial charge in [-0.05, 0) is 53.2 Å². The van der Waals surface area contributed by atoms with Crippen LogP contribution in [0.3, 0.4) is 0 Å². The minimum absolute atomic E-state index is 0.0318. The number of amides is 3. The maximum absolute atomic E-state index is 13.9. The summed E-state index contributed by atoms with van der Waals surface area (Å²) in [7, 11) is 1.67. The van der Waals surface area contributed by atoms with Gasteiger partial charge in [-0.15, -0.1) is 6.58 Å². The van der Waals surface area contributed by atoms with E-state index in [9.17, 15) is 14.4 Å². The smallest absolute Gasteiger partial charge is 0.243 e. The van der Waals surface area contributed by atoms with E-state index in [0.29, 0.717) is 31.3 Å². The fourth-order valence-electron chi connectivity index (χ4n) is 5.94. The van der Waals surface area contributed by atoms with Gasteiger partial charge in [-0.25, -0.2) is 0 Å². The number of hydrogen-bond acceptors (Lipinski definition) is 4. The minimum Gasteiger partial charge on any atom is -0.351 e. The third kappa shape index (κ3) is 8.91. The van der Waals surface area contributed by atoms with E-state index in [0.717, 1.165) is 18.4 Å². The molecular formula is C37H52N4O3. The van der Waals surface area contributed by atoms with Gasteiger partial charge in [0.1, 0.15) is 12.1 Å². The Bertz CT molecular complexity index is 1290. The van der Waals surface area contributed by atoms with Crippen LogP contribution in [0.5, 0.6) is 0 Å². The molecule has 3 amide bonds. The number of likely N-dealkylation sites (N-methyl/N-ethyl adjacent to an activating group) is 1. The number of benzene rings is 2. The largest absolute Gasteiger partial charge is 0.351 e. The lowest BCUT2D eigenvalue weighted by Crippen LogP contribution is -2.57. The molecule has 3 N–H and O–H groups in total. The average Bonchev–Trinajstić information content (AvgIpc) is 3.85. The Hall–Kier alpha value is -3.71. The minimum atomic E-state index is -0.780. The monoisotopic (exact) mass is 600 g/mol. The van der Waals surface area contributed by atoms with Gasteiger partial charge in [0.05, 0.1) is 6.04 Å². The summed E-state index contributed by atoms with van der Waals surface area (Å²) in [5.41, 5.74) is 3.43. The van der Waals surface area contributed by atoms with Gasteiger partial charge in [-0.1, -0.05) is 107 Å². The van der Waals surface area contributed by atoms with Gasteiger partial charge in [0.25, 0.3) is 0 Å². The first kappa shape index (κ1) is 34.8. The molecule has 3 rings (SSSR count). The number of nitrogens with zero attached hydrogens (tertiary/aromatic N) is 1. The zero-order valence-electron chi connectivity index (χ0n) is 27.4. The molecule has 0 saturated heterocycles. The predicted octanol–water partition coefficient (Wildman–Crippen LogP) is 5.34. The molecule has 0 aliphatic heterocycles. The Morgan fingerprint density at radius 1 is 1.02 bits per heavy atom. The molecule has 2 aromatic rings. The molecule has 1 fully saturated rings. The third-order valence-electron chi connectivity index (χ3n) is 9.31. The Morgan fingerprint density at radius 3 is 2.32 bits per heavy atom. The first-order valence-corrected chi connectivity index (χ1v) is 15.9. The van der Waals surface area contributed by atoms with Gasteiger partial charge in [-0.2, -0.15) is 0 Å². The second-order valence-corrected chi connectivity index (χ2v) is 12.9. The summed E-state index contributed by atoms with van der Waals surface area (Å²) in [6, 6.07) is 16.0. The molecule has 0 bridgehead atoms. The molecule has 44 heavy (non-hydrogen) atoms. The normalized spacial score (nSPS) is 18.7. The van der Waals surface area contributed by atoms with Crippen LogP contribution in [0, 0.1) is 17.3 Å². The topological polar surface area (TPSA) is 90.5 Å². The molecule has 6 atom stereocenters. The van der Waals surface area contributed by atoms with E-state index in [1.54, 1.807) is 20.0 Å². The van der Waals surface area contributed by atoms with Gasteiger partial charge in [0.15, 0.2) is 0 Å². The van der Waals surface area contributed by atoms with Crippen molar-refractivity contribution in [1.82, 2.24) is 20.9 Å². The van der Waals surface area contributed by atoms with Crippen LogP contribution in [-0.4, -0.2) is 60.9 Å². The van der Waals surface area contributed by atoms with E-state index in [-0.39, 0.29) is 29.1 Å². The number of nitrogens with one attached hydrogen (secondary N) is 3. The van der Waals surface area contributed by atoms with Gasteiger partial charge in [0.2, 0.25) is 17.7 Å². The number of hydrogen-bond donors (Lipinski definition) is 3. The van der Waals surface area contributed by atoms with Crippen molar-refractivity contribution in [2.45, 2.75) is 77.9 Å². The average molecular weight is 601 g/mol. The summed E-state index contributed by atoms with van der Waals surface area (Å²) in [6.07, 6.45) is 5.80. The highest BCUT2D eigenvalue weighted by Gasteiger charge is 2.49. The highest BCUT2D eigenvalue weighted by molar-refractivity contribution is 5.93. The van der Waals surface area contributed by atoms with E-state index < -0.39 is 18.1 Å². The van der Waals surface area contributed by atoms with Crippen molar-refractivity contribution in [1.29, 1.82) is 0 Å². The van der Waals surface area contributed by atoms with E-state index >= 15 is 0 Å². The van der Waals surface area contributed by atoms with E-state index in [1.165, 1.54) is 16.0 Å². The summed E-state index contributed by atoms with van der Waals surface area (Å²) in [4.78, 5) is 41.8. The number of rotatable bonds is 17. The summed E-state index contributed by atoms with van der Waals surface area (Å²) in [5.74, 6) is 0.262. The second kappa shape index (κ2) is 15.8. The van der Waals surface area contributed by atoms with Crippen LogP contribution in [0.2, 0.25) is 0 Å². The molecular weight excluding hydrogens is 548 g/mol. The molecule has 238 valence electrons. The fraction of sp³-hybridized carbons (Fsp3) is 0.486. The molecule has 7 heteroatoms. The van der Waals surface area contributed by atoms with Gasteiger partial charge in [0, 0.05) is 26.6 Å². The molecule has 0 radical (unpaired) electrons. The predicted molar refractivity (Wildman–Crippen MR) is 180 cm³/mol. The molecule has 2 aromatic carbocycles. The van der Waals surface area contributed by atoms with Crippen LogP contribution in [-0.2, 0) is 20.8 Å². The van der Waals surface area contributed by atoms with Crippen LogP contribution >= 0.6 is 0 Å². The first-order chi connectivity index (χ1) is 20.9. The van der Waals surface area contributed by atoms with E-state index in [2.05, 4.69) is 75.0 Å². The Labute approximate surface area is 264 Å². The number of carbonyl (C=O) groups excluding carboxylic acids is 3. The Kier molecular flexibility index (Phi) is 12.5. The van der Waals surface area contributed by atoms with Crippen LogP contribution in [0.25, 0.3) is 6.08 Å². The molecule has 1 aliphatic rings. The summed E-state index contributed by atoms with van der Waals surface area (Å²) < 4.78 is 0. The van der Waals surface area contributed by atoms with E-state index in [1.807, 2.05) is 42.5 Å². The molecule has 7 nitrogen and oxygen atoms in total. The zero-order chi connectivity index (χ0) is 32.4. The van der Waals surface area contributed by atoms with Gasteiger partial charge >= 0.3 is 0 Å². The van der Waals surface area contributed by atoms with Crippen LogP contribution < -0.4 is 16.0 Å². The number of carbonyl (C=O) groups is 3. The van der Waals surface area contributed by atoms with E-state index in [4.69, 9.17) is 0 Å². The molecule has 2 unspecified atom stereocenters. The Balaban J connectivity index is 1.67. The fourth-order valence-corrected chi connectivity index (χ4v) is 5.94. The summed E-state index contributed by atoms with van der Waals surface area (Å²) in [6.45, 7) is 19.0. The van der Waals surface area contributed by atoms with Crippen LogP contribution in [0.15, 0.2) is 73.8 Å². The molecule has 1 saturated carbocycles. The first-order valence-electron chi connectivity index (χ1n) is 15.9. The van der Waals surface area contributed by atoms with Gasteiger partial charge < -0.3 is 20.9 Å². The zero-order valence-corrected chi connectivity index (χ0v) is 27.4. The summed E-state index contributed by atoms with van der Waals surface area (Å²) >= 11 is 0. The third-order valence-corrected chi connectivity index (χ3v) is 9.31. The second-order valence-electron chi connectivity index (χ2n) is 12.9. The summed E-state index contributed by atoms with van der Waals surface area (Å²) in [5, 5.41) is 9.29. The van der Waals surface area contributed by atoms with Gasteiger partial charge in [-0.3, -0.25) is 14.4 Å². The molecule has 1 aliphatic carbocycles. The Morgan fingerprint density at radius 2 is 1.68 bits per heavy atom. The molecule has 0 aromatic heterocycles. The van der Waals surface area contributed by atoms with Crippen molar-refractivity contribution in [2.24, 2.45) is 17.3 Å². The van der Waals surface area contributed by atoms with Crippen molar-refractivity contribution >= 4 is 23.8 Å². The lowest BCUT2D eigenvalue weighted by Gasteiger charge is -2.35. The molecule has 0 heterocycles. The maximum atomic E-state index is 13.9. The molecule has 0 spiro atoms. The lowest BCUT2D eigenvalue weighted by atomic mass is 9.83. The lowest BCUT2D eigenvalue weighted by molar-refractivity contribution is -0.141. The van der Waals surface area contributed by atoms with Crippen molar-refractivity contribution in [3.63, 3.8) is 0 Å². The van der Waals surface area contributed by atoms with Crippen LogP contribution in [0.1, 0.15) is 70.1 Å². The SMILES string of the molecule is C=CCNC(=O)[C@@H](Cc1ccccc1)NC(=O)[C@@H](C)N(C)C(=O)[C@@H](NCC(C)(C)[C@H]1CC1c1ccccc1C=C)C(C)CC. The maximum Gasteiger partial charge on any atom is 0.243 e. The highest BCUT2D eigenvalue weighted by Crippen LogP contribution is 2.57. The standard InChI is InChI=1S/C37H52N4O3/c1-9-21-38-35(43)32(22-27-17-13-12-14-18-27)40-34(42)26(5)41(8)36(44)33(25(4)10-2)39-24-37(6,7)31-23-30(31)29-20-16-15-19-28(29)11-3/h9,11-20,25-26,30-33,39H,1,3,10,21-24H2,2,4-8H3,(H,38,43)(H,40,42)/t25?,26-,30?,31+,32-,33+/m1/s1. The van der Waals surface area contributed by atoms with Crippen molar-refractivity contribution in [3.05, 3.63) is 90.5 Å². The highest BCUT2D eigenvalue weighted by atomic mass is 16.2. The van der Waals surface area contributed by atoms with Crippen LogP contribution in [0.4, 0.5) is 0 Å². The quantitative estimate of drug-likeness (QED) is 0.214.